The third kappa shape index (κ3) is 3.47. The molecule has 0 aromatic carbocycles. The molecule has 0 aromatic rings. The fraction of sp³-hybridized carbons (Fsp3) is 0.909. The molecule has 2 N–H and O–H groups in total. The van der Waals surface area contributed by atoms with Gasteiger partial charge in [-0.25, -0.2) is 0 Å². The normalized spacial score (nSPS) is 27.7. The van der Waals surface area contributed by atoms with Crippen LogP contribution in [0.1, 0.15) is 20.3 Å². The van der Waals surface area contributed by atoms with Crippen molar-refractivity contribution in [2.24, 2.45) is 11.7 Å². The second-order valence-corrected chi connectivity index (χ2v) is 4.57. The van der Waals surface area contributed by atoms with Gasteiger partial charge in [0.1, 0.15) is 0 Å². The molecule has 0 aliphatic carbocycles. The first-order chi connectivity index (χ1) is 7.04. The zero-order valence-corrected chi connectivity index (χ0v) is 10.1. The highest BCUT2D eigenvalue weighted by atomic mass is 16.2. The maximum atomic E-state index is 11.7. The second-order valence-electron chi connectivity index (χ2n) is 4.57. The van der Waals surface area contributed by atoms with Crippen molar-refractivity contribution in [3.05, 3.63) is 0 Å². The number of amides is 1. The van der Waals surface area contributed by atoms with Crippen molar-refractivity contribution < 1.29 is 4.79 Å². The lowest BCUT2D eigenvalue weighted by atomic mass is 9.94. The molecule has 1 fully saturated rings. The van der Waals surface area contributed by atoms with Crippen molar-refractivity contribution in [1.29, 1.82) is 0 Å². The number of carbonyl (C=O) groups is 1. The summed E-state index contributed by atoms with van der Waals surface area (Å²) >= 11 is 0. The van der Waals surface area contributed by atoms with E-state index in [0.29, 0.717) is 12.5 Å². The summed E-state index contributed by atoms with van der Waals surface area (Å²) in [4.78, 5) is 15.6. The summed E-state index contributed by atoms with van der Waals surface area (Å²) in [5, 5.41) is 0. The Labute approximate surface area is 92.4 Å². The van der Waals surface area contributed by atoms with Crippen LogP contribution in [0.25, 0.3) is 0 Å². The maximum absolute atomic E-state index is 11.7. The van der Waals surface area contributed by atoms with Gasteiger partial charge in [-0.1, -0.05) is 6.92 Å². The molecule has 2 atom stereocenters. The van der Waals surface area contributed by atoms with Crippen LogP contribution in [0.3, 0.4) is 0 Å². The second kappa shape index (κ2) is 5.47. The lowest BCUT2D eigenvalue weighted by Gasteiger charge is -2.35. The van der Waals surface area contributed by atoms with Crippen LogP contribution in [0.4, 0.5) is 0 Å². The number of hydrogen-bond donors (Lipinski definition) is 1. The molecule has 0 saturated carbocycles. The zero-order chi connectivity index (χ0) is 11.4. The summed E-state index contributed by atoms with van der Waals surface area (Å²) in [6, 6.07) is 0.221. The van der Waals surface area contributed by atoms with Crippen molar-refractivity contribution in [3.63, 3.8) is 0 Å². The Morgan fingerprint density at radius 2 is 2.27 bits per heavy atom. The predicted molar refractivity (Wildman–Crippen MR) is 61.5 cm³/mol. The number of hydrogen-bond acceptors (Lipinski definition) is 3. The molecule has 1 aliphatic heterocycles. The molecule has 1 rings (SSSR count). The smallest absolute Gasteiger partial charge is 0.236 e. The summed E-state index contributed by atoms with van der Waals surface area (Å²) < 4.78 is 0. The average Bonchev–Trinajstić information content (AvgIpc) is 2.22. The van der Waals surface area contributed by atoms with Gasteiger partial charge in [0.25, 0.3) is 0 Å². The molecular formula is C11H23N3O. The molecule has 1 amide bonds. The maximum Gasteiger partial charge on any atom is 0.236 e. The molecule has 0 aromatic heterocycles. The molecular weight excluding hydrogens is 190 g/mol. The van der Waals surface area contributed by atoms with Crippen LogP contribution in [-0.2, 0) is 4.79 Å². The Bertz CT molecular complexity index is 220. The van der Waals surface area contributed by atoms with Gasteiger partial charge in [-0.15, -0.1) is 0 Å². The lowest BCUT2D eigenvalue weighted by Crippen LogP contribution is -2.50. The van der Waals surface area contributed by atoms with Gasteiger partial charge in [-0.3, -0.25) is 9.69 Å². The number of nitrogens with two attached hydrogens (primary N) is 1. The van der Waals surface area contributed by atoms with E-state index in [1.54, 1.807) is 4.90 Å². The zero-order valence-electron chi connectivity index (χ0n) is 10.1. The van der Waals surface area contributed by atoms with E-state index >= 15 is 0 Å². The van der Waals surface area contributed by atoms with E-state index in [4.69, 9.17) is 5.73 Å². The first-order valence-electron chi connectivity index (χ1n) is 5.76. The van der Waals surface area contributed by atoms with Gasteiger partial charge in [-0.05, 0) is 25.8 Å². The topological polar surface area (TPSA) is 49.6 Å². The van der Waals surface area contributed by atoms with Crippen LogP contribution < -0.4 is 5.73 Å². The van der Waals surface area contributed by atoms with E-state index in [1.807, 2.05) is 14.0 Å². The Balaban J connectivity index is 2.36. The Morgan fingerprint density at radius 3 is 2.80 bits per heavy atom. The van der Waals surface area contributed by atoms with Gasteiger partial charge < -0.3 is 10.6 Å². The predicted octanol–water partition coefficient (Wildman–Crippen LogP) is 0.134. The van der Waals surface area contributed by atoms with Gasteiger partial charge in [0.15, 0.2) is 0 Å². The number of likely N-dealkylation sites (N-methyl/N-ethyl adjacent to an activating group) is 1. The van der Waals surface area contributed by atoms with Crippen LogP contribution in [0.2, 0.25) is 0 Å². The van der Waals surface area contributed by atoms with E-state index < -0.39 is 0 Å². The molecule has 2 unspecified atom stereocenters. The van der Waals surface area contributed by atoms with E-state index in [0.717, 1.165) is 26.1 Å². The highest BCUT2D eigenvalue weighted by Crippen LogP contribution is 2.15. The quantitative estimate of drug-likeness (QED) is 0.725. The van der Waals surface area contributed by atoms with Gasteiger partial charge in [0.05, 0.1) is 6.54 Å². The van der Waals surface area contributed by atoms with Crippen LogP contribution in [0.5, 0.6) is 0 Å². The molecule has 88 valence electrons. The summed E-state index contributed by atoms with van der Waals surface area (Å²) in [5.74, 6) is 0.777. The minimum Gasteiger partial charge on any atom is -0.345 e. The van der Waals surface area contributed by atoms with Gasteiger partial charge in [-0.2, -0.15) is 0 Å². The van der Waals surface area contributed by atoms with Crippen LogP contribution >= 0.6 is 0 Å². The number of likely N-dealkylation sites (tertiary alicyclic amines) is 1. The molecule has 0 spiro atoms. The van der Waals surface area contributed by atoms with Crippen LogP contribution in [-0.4, -0.2) is 55.0 Å². The lowest BCUT2D eigenvalue weighted by molar-refractivity contribution is -0.131. The molecule has 1 aliphatic rings. The van der Waals surface area contributed by atoms with Crippen molar-refractivity contribution in [2.75, 3.05) is 33.2 Å². The highest BCUT2D eigenvalue weighted by molar-refractivity contribution is 5.77. The summed E-state index contributed by atoms with van der Waals surface area (Å²) in [6.07, 6.45) is 1.10. The summed E-state index contributed by atoms with van der Waals surface area (Å²) in [7, 11) is 1.84. The Kier molecular flexibility index (Phi) is 4.54. The Morgan fingerprint density at radius 1 is 1.60 bits per heavy atom. The van der Waals surface area contributed by atoms with Crippen LogP contribution in [0.15, 0.2) is 0 Å². The molecule has 0 bridgehead atoms. The number of carbonyl (C=O) groups excluding carboxylic acids is 1. The molecule has 1 heterocycles. The summed E-state index contributed by atoms with van der Waals surface area (Å²) in [5.41, 5.74) is 5.99. The monoisotopic (exact) mass is 213 g/mol. The van der Waals surface area contributed by atoms with Crippen molar-refractivity contribution in [2.45, 2.75) is 26.3 Å². The third-order valence-corrected chi connectivity index (χ3v) is 3.36. The standard InChI is InChI=1S/C11H23N3O/c1-4-13(3)11(15)8-14-6-5-9(2)10(12)7-14/h9-10H,4-8,12H2,1-3H3. The van der Waals surface area contributed by atoms with E-state index in [9.17, 15) is 4.79 Å². The number of nitrogens with zero attached hydrogens (tertiary/aromatic N) is 2. The van der Waals surface area contributed by atoms with Gasteiger partial charge in [0.2, 0.25) is 5.91 Å². The number of piperidine rings is 1. The van der Waals surface area contributed by atoms with Crippen molar-refractivity contribution in [1.82, 2.24) is 9.80 Å². The molecule has 1 saturated heterocycles. The van der Waals surface area contributed by atoms with Crippen LogP contribution in [0, 0.1) is 5.92 Å². The molecule has 4 nitrogen and oxygen atoms in total. The Hall–Kier alpha value is -0.610. The molecule has 4 heteroatoms. The highest BCUT2D eigenvalue weighted by Gasteiger charge is 2.24. The van der Waals surface area contributed by atoms with Crippen molar-refractivity contribution >= 4 is 5.91 Å². The van der Waals surface area contributed by atoms with Gasteiger partial charge in [0, 0.05) is 26.2 Å². The van der Waals surface area contributed by atoms with E-state index in [2.05, 4.69) is 11.8 Å². The van der Waals surface area contributed by atoms with Crippen molar-refractivity contribution in [3.8, 4) is 0 Å². The number of rotatable bonds is 3. The first-order valence-corrected chi connectivity index (χ1v) is 5.76. The molecule has 0 radical (unpaired) electrons. The average molecular weight is 213 g/mol. The largest absolute Gasteiger partial charge is 0.345 e. The third-order valence-electron chi connectivity index (χ3n) is 3.36. The fourth-order valence-electron chi connectivity index (χ4n) is 1.80. The fourth-order valence-corrected chi connectivity index (χ4v) is 1.80. The van der Waals surface area contributed by atoms with E-state index in [-0.39, 0.29) is 11.9 Å². The minimum absolute atomic E-state index is 0.194. The van der Waals surface area contributed by atoms with E-state index in [1.165, 1.54) is 0 Å². The SMILES string of the molecule is CCN(C)C(=O)CN1CCC(C)C(N)C1. The van der Waals surface area contributed by atoms with Gasteiger partial charge >= 0.3 is 0 Å². The first kappa shape index (κ1) is 12.5. The molecule has 15 heavy (non-hydrogen) atoms. The minimum atomic E-state index is 0.194. The summed E-state index contributed by atoms with van der Waals surface area (Å²) in [6.45, 7) is 7.31.